The zero-order valence-electron chi connectivity index (χ0n) is 9.60. The van der Waals surface area contributed by atoms with E-state index in [0.29, 0.717) is 11.6 Å². The first kappa shape index (κ1) is 11.1. The lowest BCUT2D eigenvalue weighted by molar-refractivity contribution is 0.0969. The maximum Gasteiger partial charge on any atom is 0.252 e. The summed E-state index contributed by atoms with van der Waals surface area (Å²) >= 11 is 0. The van der Waals surface area contributed by atoms with E-state index in [0.717, 1.165) is 19.5 Å². The van der Waals surface area contributed by atoms with E-state index in [2.05, 4.69) is 14.9 Å². The topological polar surface area (TPSA) is 69.2 Å². The molecule has 1 aromatic rings. The summed E-state index contributed by atoms with van der Waals surface area (Å²) in [5.74, 6) is 1.55. The Morgan fingerprint density at radius 1 is 1.62 bits per heavy atom. The summed E-state index contributed by atoms with van der Waals surface area (Å²) in [4.78, 5) is 20.3. The first-order valence-electron chi connectivity index (χ1n) is 5.57. The van der Waals surface area contributed by atoms with E-state index in [-0.39, 0.29) is 17.6 Å². The second-order valence-corrected chi connectivity index (χ2v) is 4.47. The number of hydrogen-bond acceptors (Lipinski definition) is 4. The van der Waals surface area contributed by atoms with Crippen molar-refractivity contribution in [2.45, 2.75) is 26.4 Å². The number of aliphatic hydroxyl groups excluding tert-OH is 1. The number of aromatic nitrogens is 2. The Bertz CT molecular complexity index is 429. The predicted octanol–water partition coefficient (Wildman–Crippen LogP) is 0.285. The largest absolute Gasteiger partial charge is 0.393 e. The van der Waals surface area contributed by atoms with E-state index in [4.69, 9.17) is 0 Å². The molecule has 0 saturated carbocycles. The minimum Gasteiger partial charge on any atom is -0.393 e. The van der Waals surface area contributed by atoms with Gasteiger partial charge >= 0.3 is 0 Å². The smallest absolute Gasteiger partial charge is 0.252 e. The lowest BCUT2D eigenvalue weighted by Crippen LogP contribution is -2.42. The third-order valence-electron chi connectivity index (χ3n) is 3.03. The molecule has 0 spiro atoms. The van der Waals surface area contributed by atoms with Crippen LogP contribution in [0, 0.1) is 12.8 Å². The summed E-state index contributed by atoms with van der Waals surface area (Å²) in [6.07, 6.45) is 0.494. The number of aromatic amines is 1. The maximum absolute atomic E-state index is 11.3. The van der Waals surface area contributed by atoms with Crippen molar-refractivity contribution in [3.05, 3.63) is 22.2 Å². The average molecular weight is 223 g/mol. The maximum atomic E-state index is 11.3. The number of anilines is 1. The second kappa shape index (κ2) is 4.25. The molecule has 2 unspecified atom stereocenters. The van der Waals surface area contributed by atoms with Gasteiger partial charge in [-0.3, -0.25) is 4.79 Å². The zero-order valence-corrected chi connectivity index (χ0v) is 9.60. The van der Waals surface area contributed by atoms with Crippen LogP contribution in [0.15, 0.2) is 10.9 Å². The van der Waals surface area contributed by atoms with Crippen molar-refractivity contribution < 1.29 is 5.11 Å². The van der Waals surface area contributed by atoms with E-state index >= 15 is 0 Å². The van der Waals surface area contributed by atoms with Gasteiger partial charge in [0.1, 0.15) is 11.6 Å². The summed E-state index contributed by atoms with van der Waals surface area (Å²) in [5.41, 5.74) is -0.124. The molecular weight excluding hydrogens is 206 g/mol. The highest BCUT2D eigenvalue weighted by Gasteiger charge is 2.25. The van der Waals surface area contributed by atoms with Gasteiger partial charge in [0, 0.05) is 19.2 Å². The fraction of sp³-hybridized carbons (Fsp3) is 0.636. The van der Waals surface area contributed by atoms with Crippen LogP contribution in [0.5, 0.6) is 0 Å². The van der Waals surface area contributed by atoms with Gasteiger partial charge in [0.15, 0.2) is 0 Å². The van der Waals surface area contributed by atoms with Gasteiger partial charge in [0.2, 0.25) is 0 Å². The van der Waals surface area contributed by atoms with Crippen LogP contribution in [-0.4, -0.2) is 34.3 Å². The number of nitrogens with zero attached hydrogens (tertiary/aromatic N) is 2. The fourth-order valence-corrected chi connectivity index (χ4v) is 2.07. The molecule has 1 saturated heterocycles. The van der Waals surface area contributed by atoms with Crippen LogP contribution in [-0.2, 0) is 0 Å². The van der Waals surface area contributed by atoms with Gasteiger partial charge in [-0.15, -0.1) is 0 Å². The van der Waals surface area contributed by atoms with E-state index in [1.807, 2.05) is 6.92 Å². The molecule has 1 aliphatic heterocycles. The molecule has 16 heavy (non-hydrogen) atoms. The van der Waals surface area contributed by atoms with Gasteiger partial charge in [0.25, 0.3) is 5.56 Å². The number of rotatable bonds is 1. The number of piperidine rings is 1. The Balaban J connectivity index is 2.21. The molecule has 1 fully saturated rings. The van der Waals surface area contributed by atoms with E-state index in [9.17, 15) is 9.90 Å². The molecular formula is C11H17N3O2. The number of aryl methyl sites for hydroxylation is 1. The van der Waals surface area contributed by atoms with Gasteiger partial charge in [-0.1, -0.05) is 6.92 Å². The second-order valence-electron chi connectivity index (χ2n) is 4.47. The van der Waals surface area contributed by atoms with Crippen LogP contribution in [0.1, 0.15) is 19.2 Å². The van der Waals surface area contributed by atoms with Crippen molar-refractivity contribution in [3.63, 3.8) is 0 Å². The molecule has 5 nitrogen and oxygen atoms in total. The van der Waals surface area contributed by atoms with E-state index in [1.165, 1.54) is 6.07 Å². The Kier molecular flexibility index (Phi) is 2.96. The number of nitrogens with one attached hydrogen (secondary N) is 1. The quantitative estimate of drug-likeness (QED) is 0.717. The standard InChI is InChI=1S/C11H17N3O2/c1-7-6-14(4-3-9(7)15)10-5-11(16)13-8(2)12-10/h5,7,9,15H,3-4,6H2,1-2H3,(H,12,13,16). The first-order valence-corrected chi connectivity index (χ1v) is 5.57. The van der Waals surface area contributed by atoms with Crippen molar-refractivity contribution in [2.75, 3.05) is 18.0 Å². The lowest BCUT2D eigenvalue weighted by atomic mass is 9.97. The fourth-order valence-electron chi connectivity index (χ4n) is 2.07. The summed E-state index contributed by atoms with van der Waals surface area (Å²) in [6, 6.07) is 1.51. The molecule has 1 aliphatic rings. The minimum absolute atomic E-state index is 0.124. The molecule has 0 bridgehead atoms. The van der Waals surface area contributed by atoms with Crippen molar-refractivity contribution in [1.82, 2.24) is 9.97 Å². The number of H-pyrrole nitrogens is 1. The SMILES string of the molecule is Cc1nc(N2CCC(O)C(C)C2)cc(=O)[nH]1. The first-order chi connectivity index (χ1) is 7.56. The predicted molar refractivity (Wildman–Crippen MR) is 61.6 cm³/mol. The van der Waals surface area contributed by atoms with E-state index in [1.54, 1.807) is 6.92 Å². The Hall–Kier alpha value is -1.36. The lowest BCUT2D eigenvalue weighted by Gasteiger charge is -2.35. The molecule has 2 rings (SSSR count). The van der Waals surface area contributed by atoms with Crippen molar-refractivity contribution >= 4 is 5.82 Å². The van der Waals surface area contributed by atoms with Crippen LogP contribution in [0.25, 0.3) is 0 Å². The van der Waals surface area contributed by atoms with Gasteiger partial charge in [-0.05, 0) is 19.3 Å². The van der Waals surface area contributed by atoms with Gasteiger partial charge in [-0.2, -0.15) is 0 Å². The van der Waals surface area contributed by atoms with Gasteiger partial charge < -0.3 is 15.0 Å². The van der Waals surface area contributed by atoms with Crippen molar-refractivity contribution in [1.29, 1.82) is 0 Å². The summed E-state index contributed by atoms with van der Waals surface area (Å²) in [7, 11) is 0. The third-order valence-corrected chi connectivity index (χ3v) is 3.03. The highest BCUT2D eigenvalue weighted by Crippen LogP contribution is 2.20. The normalized spacial score (nSPS) is 25.8. The molecule has 2 N–H and O–H groups in total. The highest BCUT2D eigenvalue weighted by molar-refractivity contribution is 5.38. The van der Waals surface area contributed by atoms with Gasteiger partial charge in [-0.25, -0.2) is 4.98 Å². The van der Waals surface area contributed by atoms with E-state index < -0.39 is 0 Å². The molecule has 2 atom stereocenters. The summed E-state index contributed by atoms with van der Waals surface area (Å²) in [6.45, 7) is 5.28. The molecule has 5 heteroatoms. The average Bonchev–Trinajstić information content (AvgIpc) is 2.20. The number of aliphatic hydroxyl groups is 1. The summed E-state index contributed by atoms with van der Waals surface area (Å²) in [5, 5.41) is 9.64. The van der Waals surface area contributed by atoms with Crippen molar-refractivity contribution in [3.8, 4) is 0 Å². The highest BCUT2D eigenvalue weighted by atomic mass is 16.3. The summed E-state index contributed by atoms with van der Waals surface area (Å²) < 4.78 is 0. The molecule has 0 radical (unpaired) electrons. The Morgan fingerprint density at radius 3 is 3.00 bits per heavy atom. The Morgan fingerprint density at radius 2 is 2.38 bits per heavy atom. The van der Waals surface area contributed by atoms with Crippen LogP contribution >= 0.6 is 0 Å². The molecule has 0 aromatic carbocycles. The molecule has 2 heterocycles. The zero-order chi connectivity index (χ0) is 11.7. The van der Waals surface area contributed by atoms with Crippen molar-refractivity contribution in [2.24, 2.45) is 5.92 Å². The van der Waals surface area contributed by atoms with Crippen LogP contribution in [0.4, 0.5) is 5.82 Å². The molecule has 0 amide bonds. The Labute approximate surface area is 94.1 Å². The minimum atomic E-state index is -0.237. The molecule has 1 aromatic heterocycles. The van der Waals surface area contributed by atoms with Crippen LogP contribution < -0.4 is 10.5 Å². The monoisotopic (exact) mass is 223 g/mol. The molecule has 88 valence electrons. The molecule has 0 aliphatic carbocycles. The third kappa shape index (κ3) is 2.24. The van der Waals surface area contributed by atoms with Crippen LogP contribution in [0.3, 0.4) is 0 Å². The van der Waals surface area contributed by atoms with Crippen LogP contribution in [0.2, 0.25) is 0 Å². The van der Waals surface area contributed by atoms with Gasteiger partial charge in [0.05, 0.1) is 6.10 Å². The number of hydrogen-bond donors (Lipinski definition) is 2.